The van der Waals surface area contributed by atoms with Crippen molar-refractivity contribution in [3.05, 3.63) is 0 Å². The molecule has 1 fully saturated rings. The summed E-state index contributed by atoms with van der Waals surface area (Å²) in [6.45, 7) is 0. The molecule has 0 aromatic rings. The van der Waals surface area contributed by atoms with Gasteiger partial charge < -0.3 is 0 Å². The number of alkyl halides is 20. The average molecular weight is 594 g/mol. The summed E-state index contributed by atoms with van der Waals surface area (Å²) in [5.74, 6) is -46.9. The lowest BCUT2D eigenvalue weighted by Gasteiger charge is -2.50. The molecule has 1 rings (SSSR count). The second-order valence-electron chi connectivity index (χ2n) is 6.62. The van der Waals surface area contributed by atoms with Crippen LogP contribution in [-0.4, -0.2) is 67.2 Å². The molecular formula is C11H2F20O3S. The van der Waals surface area contributed by atoms with Gasteiger partial charge in [0.1, 0.15) is 0 Å². The number of hydrogen-bond donors (Lipinski definition) is 0. The van der Waals surface area contributed by atoms with Gasteiger partial charge in [-0.25, -0.2) is 4.39 Å². The lowest BCUT2D eigenvalue weighted by Crippen LogP contribution is -2.79. The normalized spacial score (nSPS) is 27.5. The van der Waals surface area contributed by atoms with Gasteiger partial charge in [-0.2, -0.15) is 96.0 Å². The minimum absolute atomic E-state index is 1.46. The van der Waals surface area contributed by atoms with E-state index in [4.69, 9.17) is 0 Å². The topological polar surface area (TPSA) is 43.4 Å². The molecule has 0 aromatic heterocycles. The van der Waals surface area contributed by atoms with Crippen LogP contribution in [0.3, 0.4) is 0 Å². The van der Waals surface area contributed by atoms with Crippen LogP contribution >= 0.6 is 0 Å². The Morgan fingerprint density at radius 2 is 0.943 bits per heavy atom. The Labute approximate surface area is 177 Å². The van der Waals surface area contributed by atoms with E-state index in [1.165, 1.54) is 4.18 Å². The number of rotatable bonds is 6. The molecule has 0 aromatic carbocycles. The van der Waals surface area contributed by atoms with E-state index in [0.29, 0.717) is 0 Å². The van der Waals surface area contributed by atoms with Crippen LogP contribution in [-0.2, 0) is 14.3 Å². The van der Waals surface area contributed by atoms with E-state index < -0.39 is 75.3 Å². The molecule has 0 heterocycles. The molecule has 24 heteroatoms. The summed E-state index contributed by atoms with van der Waals surface area (Å²) < 4.78 is 285. The Bertz CT molecular complexity index is 948. The van der Waals surface area contributed by atoms with Gasteiger partial charge in [0.25, 0.3) is 5.67 Å². The molecule has 0 aliphatic heterocycles. The molecule has 0 N–H and O–H groups in total. The first-order valence-corrected chi connectivity index (χ1v) is 8.80. The molecule has 0 saturated heterocycles. The van der Waals surface area contributed by atoms with Crippen LogP contribution in [0.4, 0.5) is 87.8 Å². The van der Waals surface area contributed by atoms with E-state index in [1.807, 2.05) is 0 Å². The summed E-state index contributed by atoms with van der Waals surface area (Å²) in [5, 5.41) is -8.32. The summed E-state index contributed by atoms with van der Waals surface area (Å²) in [6, 6.07) is 0. The van der Waals surface area contributed by atoms with Crippen LogP contribution in [0.25, 0.3) is 0 Å². The summed E-state index contributed by atoms with van der Waals surface area (Å²) >= 11 is 0. The Hall–Kier alpha value is -1.49. The second-order valence-corrected chi connectivity index (χ2v) is 8.21. The van der Waals surface area contributed by atoms with E-state index in [0.717, 1.165) is 0 Å². The molecule has 1 unspecified atom stereocenters. The second kappa shape index (κ2) is 7.30. The van der Waals surface area contributed by atoms with Crippen molar-refractivity contribution in [2.24, 2.45) is 0 Å². The third kappa shape index (κ3) is 3.61. The quantitative estimate of drug-likeness (QED) is 0.280. The highest BCUT2D eigenvalue weighted by molar-refractivity contribution is 7.87. The first-order chi connectivity index (χ1) is 14.7. The molecule has 3 nitrogen and oxygen atoms in total. The predicted octanol–water partition coefficient (Wildman–Crippen LogP) is 6.00. The molecule has 1 aliphatic carbocycles. The highest BCUT2D eigenvalue weighted by Crippen LogP contribution is 2.68. The summed E-state index contributed by atoms with van der Waals surface area (Å²) in [6.07, 6.45) is -20.4. The van der Waals surface area contributed by atoms with Crippen LogP contribution in [0.5, 0.6) is 0 Å². The highest BCUT2D eigenvalue weighted by atomic mass is 32.2. The van der Waals surface area contributed by atoms with E-state index in [9.17, 15) is 96.2 Å². The lowest BCUT2D eigenvalue weighted by atomic mass is 9.74. The molecule has 210 valence electrons. The van der Waals surface area contributed by atoms with Gasteiger partial charge in [0.15, 0.2) is 0 Å². The van der Waals surface area contributed by atoms with Crippen molar-refractivity contribution in [1.29, 1.82) is 0 Å². The first kappa shape index (κ1) is 31.5. The number of halogens is 20. The predicted molar refractivity (Wildman–Crippen MR) is 64.1 cm³/mol. The van der Waals surface area contributed by atoms with E-state index in [2.05, 4.69) is 0 Å². The van der Waals surface area contributed by atoms with Gasteiger partial charge in [-0.15, -0.1) is 0 Å². The average Bonchev–Trinajstić information content (AvgIpc) is 2.57. The zero-order valence-electron chi connectivity index (χ0n) is 14.9. The fourth-order valence-electron chi connectivity index (χ4n) is 2.26. The zero-order chi connectivity index (χ0) is 28.9. The van der Waals surface area contributed by atoms with Gasteiger partial charge in [-0.3, -0.25) is 0 Å². The summed E-state index contributed by atoms with van der Waals surface area (Å²) in [4.78, 5) is 0. The van der Waals surface area contributed by atoms with Crippen molar-refractivity contribution >= 4 is 10.1 Å². The fourth-order valence-corrected chi connectivity index (χ4v) is 3.22. The highest BCUT2D eigenvalue weighted by Gasteiger charge is 2.96. The summed E-state index contributed by atoms with van der Waals surface area (Å²) in [5.41, 5.74) is -7.53. The monoisotopic (exact) mass is 594 g/mol. The molecule has 1 atom stereocenters. The Morgan fingerprint density at radius 1 is 0.571 bits per heavy atom. The molecule has 35 heavy (non-hydrogen) atoms. The molecule has 0 spiro atoms. The Balaban J connectivity index is 3.73. The maximum absolute atomic E-state index is 14.2. The van der Waals surface area contributed by atoms with Crippen LogP contribution in [0, 0.1) is 0 Å². The third-order valence-corrected chi connectivity index (χ3v) is 5.63. The molecular weight excluding hydrogens is 592 g/mol. The molecule has 0 radical (unpaired) electrons. The van der Waals surface area contributed by atoms with E-state index in [-0.39, 0.29) is 0 Å². The molecule has 1 aliphatic rings. The lowest BCUT2D eigenvalue weighted by molar-refractivity contribution is -0.461. The largest absolute Gasteiger partial charge is 0.460 e. The Kier molecular flexibility index (Phi) is 6.58. The van der Waals surface area contributed by atoms with E-state index in [1.54, 1.807) is 0 Å². The maximum atomic E-state index is 14.2. The third-order valence-electron chi connectivity index (χ3n) is 4.32. The Morgan fingerprint density at radius 3 is 1.29 bits per heavy atom. The van der Waals surface area contributed by atoms with Crippen molar-refractivity contribution < 1.29 is 100 Å². The minimum atomic E-state index is -9.02. The smallest absolute Gasteiger partial charge is 0.227 e. The van der Waals surface area contributed by atoms with Gasteiger partial charge >= 0.3 is 63.2 Å². The standard InChI is InChI=1S/C11H2F20O3S/c12-2(1-3(13,14)5(17,18)6(19,20)4(2,15)16)10(28,29)34-35(32,33)11(30,31)8(23,24)7(21,22)9(25,26)27/h1H2. The van der Waals surface area contributed by atoms with Crippen LogP contribution in [0.2, 0.25) is 0 Å². The first-order valence-electron chi connectivity index (χ1n) is 7.39. The van der Waals surface area contributed by atoms with Crippen molar-refractivity contribution in [2.45, 2.75) is 65.2 Å². The van der Waals surface area contributed by atoms with Gasteiger partial charge in [0.2, 0.25) is 0 Å². The van der Waals surface area contributed by atoms with E-state index >= 15 is 0 Å². The SMILES string of the molecule is O=S(=O)(OC(F)(F)C1(F)CC(F)(F)C(F)(F)C(F)(F)C1(F)F)C(F)(F)C(F)(F)C(F)(F)C(F)(F)F. The number of hydrogen-bond acceptors (Lipinski definition) is 3. The van der Waals surface area contributed by atoms with Crippen molar-refractivity contribution in [2.75, 3.05) is 0 Å². The van der Waals surface area contributed by atoms with Crippen LogP contribution < -0.4 is 0 Å². The van der Waals surface area contributed by atoms with Gasteiger partial charge in [-0.1, -0.05) is 0 Å². The van der Waals surface area contributed by atoms with Crippen LogP contribution in [0.1, 0.15) is 6.42 Å². The molecule has 0 amide bonds. The molecule has 1 saturated carbocycles. The van der Waals surface area contributed by atoms with Gasteiger partial charge in [-0.05, 0) is 0 Å². The summed E-state index contributed by atoms with van der Waals surface area (Å²) in [7, 11) is -9.02. The zero-order valence-corrected chi connectivity index (χ0v) is 15.7. The van der Waals surface area contributed by atoms with Crippen molar-refractivity contribution in [1.82, 2.24) is 0 Å². The fraction of sp³-hybridized carbons (Fsp3) is 1.00. The maximum Gasteiger partial charge on any atom is 0.460 e. The van der Waals surface area contributed by atoms with Gasteiger partial charge in [0, 0.05) is 0 Å². The minimum Gasteiger partial charge on any atom is -0.227 e. The van der Waals surface area contributed by atoms with Crippen molar-refractivity contribution in [3.8, 4) is 0 Å². The van der Waals surface area contributed by atoms with Crippen molar-refractivity contribution in [3.63, 3.8) is 0 Å². The van der Waals surface area contributed by atoms with Gasteiger partial charge in [0.05, 0.1) is 6.42 Å². The van der Waals surface area contributed by atoms with Crippen LogP contribution in [0.15, 0.2) is 0 Å². The molecule has 0 bridgehead atoms.